The lowest BCUT2D eigenvalue weighted by Gasteiger charge is -2.14. The van der Waals surface area contributed by atoms with Crippen LogP contribution in [0.5, 0.6) is 5.75 Å². The van der Waals surface area contributed by atoms with Gasteiger partial charge in [-0.25, -0.2) is 0 Å². The Balaban J connectivity index is 1.52. The first-order chi connectivity index (χ1) is 12.7. The standard InChI is InChI=1S/C20H21N3O3/c1-3-18-22-20(26-23-18)16-9-11-17(12-10-16)25-13-19(24)21-14(2)15-7-5-4-6-8-15/h4-12,14H,3,13H2,1-2H3,(H,21,24)/t14-/m1/s1. The summed E-state index contributed by atoms with van der Waals surface area (Å²) in [5.41, 5.74) is 1.86. The van der Waals surface area contributed by atoms with Crippen LogP contribution in [-0.4, -0.2) is 22.7 Å². The van der Waals surface area contributed by atoms with Gasteiger partial charge in [-0.05, 0) is 36.8 Å². The molecule has 0 radical (unpaired) electrons. The average Bonchev–Trinajstić information content (AvgIpc) is 3.17. The van der Waals surface area contributed by atoms with Gasteiger partial charge in [0.05, 0.1) is 6.04 Å². The van der Waals surface area contributed by atoms with Crippen LogP contribution in [0.1, 0.15) is 31.3 Å². The molecule has 1 heterocycles. The summed E-state index contributed by atoms with van der Waals surface area (Å²) < 4.78 is 10.7. The van der Waals surface area contributed by atoms with Gasteiger partial charge in [-0.1, -0.05) is 42.4 Å². The molecule has 26 heavy (non-hydrogen) atoms. The number of rotatable bonds is 7. The minimum atomic E-state index is -0.171. The molecular weight excluding hydrogens is 330 g/mol. The van der Waals surface area contributed by atoms with Gasteiger partial charge in [0.1, 0.15) is 5.75 Å². The van der Waals surface area contributed by atoms with Gasteiger partial charge in [0.2, 0.25) is 0 Å². The van der Waals surface area contributed by atoms with E-state index in [0.717, 1.165) is 17.5 Å². The highest BCUT2D eigenvalue weighted by Crippen LogP contribution is 2.21. The Morgan fingerprint density at radius 3 is 2.54 bits per heavy atom. The molecule has 1 atom stereocenters. The molecule has 1 N–H and O–H groups in total. The minimum absolute atomic E-state index is 0.0446. The molecule has 0 bridgehead atoms. The van der Waals surface area contributed by atoms with E-state index >= 15 is 0 Å². The summed E-state index contributed by atoms with van der Waals surface area (Å²) in [6.45, 7) is 3.86. The van der Waals surface area contributed by atoms with Gasteiger partial charge in [0.15, 0.2) is 12.4 Å². The molecule has 0 saturated heterocycles. The lowest BCUT2D eigenvalue weighted by molar-refractivity contribution is -0.123. The molecule has 0 unspecified atom stereocenters. The molecule has 1 amide bonds. The van der Waals surface area contributed by atoms with Crippen LogP contribution < -0.4 is 10.1 Å². The van der Waals surface area contributed by atoms with Gasteiger partial charge in [0.25, 0.3) is 11.8 Å². The molecular formula is C20H21N3O3. The zero-order chi connectivity index (χ0) is 18.4. The summed E-state index contributed by atoms with van der Waals surface area (Å²) >= 11 is 0. The molecule has 0 saturated carbocycles. The molecule has 2 aromatic carbocycles. The van der Waals surface area contributed by atoms with Crippen molar-refractivity contribution in [1.82, 2.24) is 15.5 Å². The third-order valence-electron chi connectivity index (χ3n) is 3.93. The van der Waals surface area contributed by atoms with E-state index < -0.39 is 0 Å². The van der Waals surface area contributed by atoms with Crippen molar-refractivity contribution in [3.05, 3.63) is 66.0 Å². The normalized spacial score (nSPS) is 11.8. The monoisotopic (exact) mass is 351 g/mol. The van der Waals surface area contributed by atoms with E-state index in [0.29, 0.717) is 17.5 Å². The van der Waals surface area contributed by atoms with Crippen LogP contribution >= 0.6 is 0 Å². The van der Waals surface area contributed by atoms with Gasteiger partial charge < -0.3 is 14.6 Å². The zero-order valence-corrected chi connectivity index (χ0v) is 14.8. The topological polar surface area (TPSA) is 77.2 Å². The maximum Gasteiger partial charge on any atom is 0.258 e. The average molecular weight is 351 g/mol. The summed E-state index contributed by atoms with van der Waals surface area (Å²) in [6.07, 6.45) is 0.723. The molecule has 0 spiro atoms. The van der Waals surface area contributed by atoms with Crippen molar-refractivity contribution in [3.8, 4) is 17.2 Å². The van der Waals surface area contributed by atoms with Gasteiger partial charge in [-0.3, -0.25) is 4.79 Å². The number of hydrogen-bond donors (Lipinski definition) is 1. The van der Waals surface area contributed by atoms with E-state index in [1.54, 1.807) is 12.1 Å². The first-order valence-corrected chi connectivity index (χ1v) is 8.56. The molecule has 0 fully saturated rings. The van der Waals surface area contributed by atoms with E-state index in [1.165, 1.54) is 0 Å². The number of nitrogens with one attached hydrogen (secondary N) is 1. The van der Waals surface area contributed by atoms with Crippen LogP contribution in [0, 0.1) is 0 Å². The van der Waals surface area contributed by atoms with Crippen molar-refractivity contribution in [2.24, 2.45) is 0 Å². The van der Waals surface area contributed by atoms with Crippen LogP contribution in [0.15, 0.2) is 59.1 Å². The SMILES string of the molecule is CCc1noc(-c2ccc(OCC(=O)N[C@H](C)c3ccccc3)cc2)n1. The second kappa shape index (κ2) is 8.29. The maximum absolute atomic E-state index is 12.1. The number of aryl methyl sites for hydroxylation is 1. The predicted octanol–water partition coefficient (Wildman–Crippen LogP) is 3.56. The number of benzene rings is 2. The molecule has 134 valence electrons. The second-order valence-corrected chi connectivity index (χ2v) is 5.88. The first kappa shape index (κ1) is 17.7. The fourth-order valence-corrected chi connectivity index (χ4v) is 2.47. The lowest BCUT2D eigenvalue weighted by atomic mass is 10.1. The lowest BCUT2D eigenvalue weighted by Crippen LogP contribution is -2.31. The summed E-state index contributed by atoms with van der Waals surface area (Å²) in [5.74, 6) is 1.58. The highest BCUT2D eigenvalue weighted by Gasteiger charge is 2.11. The van der Waals surface area contributed by atoms with E-state index in [4.69, 9.17) is 9.26 Å². The predicted molar refractivity (Wildman–Crippen MR) is 97.6 cm³/mol. The number of hydrogen-bond acceptors (Lipinski definition) is 5. The molecule has 0 aliphatic rings. The van der Waals surface area contributed by atoms with Crippen molar-refractivity contribution < 1.29 is 14.1 Å². The van der Waals surface area contributed by atoms with E-state index in [1.807, 2.05) is 56.3 Å². The molecule has 0 aliphatic carbocycles. The number of aromatic nitrogens is 2. The summed E-state index contributed by atoms with van der Waals surface area (Å²) in [6, 6.07) is 16.9. The summed E-state index contributed by atoms with van der Waals surface area (Å²) in [5, 5.41) is 6.79. The molecule has 6 heteroatoms. The zero-order valence-electron chi connectivity index (χ0n) is 14.8. The number of carbonyl (C=O) groups is 1. The Hall–Kier alpha value is -3.15. The van der Waals surface area contributed by atoms with Gasteiger partial charge in [0, 0.05) is 12.0 Å². The smallest absolute Gasteiger partial charge is 0.258 e. The highest BCUT2D eigenvalue weighted by molar-refractivity contribution is 5.78. The Morgan fingerprint density at radius 1 is 1.15 bits per heavy atom. The van der Waals surface area contributed by atoms with Crippen molar-refractivity contribution in [2.45, 2.75) is 26.3 Å². The van der Waals surface area contributed by atoms with Gasteiger partial charge >= 0.3 is 0 Å². The van der Waals surface area contributed by atoms with Crippen molar-refractivity contribution in [2.75, 3.05) is 6.61 Å². The van der Waals surface area contributed by atoms with Crippen LogP contribution in [0.25, 0.3) is 11.5 Å². The Morgan fingerprint density at radius 2 is 1.88 bits per heavy atom. The van der Waals surface area contributed by atoms with E-state index in [2.05, 4.69) is 15.5 Å². The first-order valence-electron chi connectivity index (χ1n) is 8.56. The fourth-order valence-electron chi connectivity index (χ4n) is 2.47. The third-order valence-corrected chi connectivity index (χ3v) is 3.93. The van der Waals surface area contributed by atoms with Crippen molar-refractivity contribution >= 4 is 5.91 Å². The Kier molecular flexibility index (Phi) is 5.63. The largest absolute Gasteiger partial charge is 0.484 e. The van der Waals surface area contributed by atoms with Crippen molar-refractivity contribution in [3.63, 3.8) is 0 Å². The minimum Gasteiger partial charge on any atom is -0.484 e. The molecule has 3 rings (SSSR count). The Labute approximate surface area is 152 Å². The van der Waals surface area contributed by atoms with Crippen LogP contribution in [-0.2, 0) is 11.2 Å². The summed E-state index contributed by atoms with van der Waals surface area (Å²) in [4.78, 5) is 16.3. The maximum atomic E-state index is 12.1. The molecule has 1 aromatic heterocycles. The summed E-state index contributed by atoms with van der Waals surface area (Å²) in [7, 11) is 0. The van der Waals surface area contributed by atoms with E-state index in [-0.39, 0.29) is 18.6 Å². The van der Waals surface area contributed by atoms with Crippen molar-refractivity contribution in [1.29, 1.82) is 0 Å². The molecule has 0 aliphatic heterocycles. The fraction of sp³-hybridized carbons (Fsp3) is 0.250. The second-order valence-electron chi connectivity index (χ2n) is 5.88. The number of ether oxygens (including phenoxy) is 1. The van der Waals surface area contributed by atoms with Gasteiger partial charge in [-0.15, -0.1) is 0 Å². The third kappa shape index (κ3) is 4.47. The number of amides is 1. The van der Waals surface area contributed by atoms with Crippen LogP contribution in [0.3, 0.4) is 0 Å². The molecule has 3 aromatic rings. The van der Waals surface area contributed by atoms with Gasteiger partial charge in [-0.2, -0.15) is 4.98 Å². The Bertz CT molecular complexity index is 844. The van der Waals surface area contributed by atoms with Crippen LogP contribution in [0.2, 0.25) is 0 Å². The molecule has 6 nitrogen and oxygen atoms in total. The highest BCUT2D eigenvalue weighted by atomic mass is 16.5. The van der Waals surface area contributed by atoms with E-state index in [9.17, 15) is 4.79 Å². The number of carbonyl (C=O) groups excluding carboxylic acids is 1. The van der Waals surface area contributed by atoms with Crippen LogP contribution in [0.4, 0.5) is 0 Å². The number of nitrogens with zero attached hydrogens (tertiary/aromatic N) is 2. The quantitative estimate of drug-likeness (QED) is 0.704.